The van der Waals surface area contributed by atoms with Gasteiger partial charge in [-0.1, -0.05) is 63.9 Å². The van der Waals surface area contributed by atoms with Crippen molar-refractivity contribution in [2.45, 2.75) is 77.4 Å². The molecule has 214 valence electrons. The topological polar surface area (TPSA) is 146 Å². The zero-order valence-corrected chi connectivity index (χ0v) is 23.2. The molecule has 3 atom stereocenters. The molecule has 11 nitrogen and oxygen atoms in total. The van der Waals surface area contributed by atoms with Crippen LogP contribution in [0.2, 0.25) is 0 Å². The number of nitrogens with zero attached hydrogens (tertiary/aromatic N) is 2. The number of esters is 1. The fourth-order valence-corrected chi connectivity index (χ4v) is 4.24. The van der Waals surface area contributed by atoms with Crippen molar-refractivity contribution < 1.29 is 33.2 Å². The smallest absolute Gasteiger partial charge is 0.508 e. The van der Waals surface area contributed by atoms with Crippen LogP contribution in [-0.2, 0) is 34.9 Å². The monoisotopic (exact) mass is 552 g/mol. The number of aromatic nitrogens is 2. The molecule has 2 aromatic rings. The number of hydrogen-bond donors (Lipinski definition) is 2. The third-order valence-corrected chi connectivity index (χ3v) is 6.23. The molecule has 0 spiro atoms. The number of ether oxygens (including phenoxy) is 1. The minimum Gasteiger partial charge on any atom is -0.508 e. The van der Waals surface area contributed by atoms with E-state index in [1.807, 2.05) is 51.1 Å². The summed E-state index contributed by atoms with van der Waals surface area (Å²) < 4.78 is 16.6. The van der Waals surface area contributed by atoms with Gasteiger partial charge in [0.05, 0.1) is 25.2 Å². The third-order valence-electron chi connectivity index (χ3n) is 6.23. The van der Waals surface area contributed by atoms with Crippen molar-refractivity contribution in [3.05, 3.63) is 60.2 Å². The molecule has 1 fully saturated rings. The molecular formula is C28H37BN4O7. The summed E-state index contributed by atoms with van der Waals surface area (Å²) in [7, 11) is -1.20. The number of benzene rings is 1. The van der Waals surface area contributed by atoms with Gasteiger partial charge in [0, 0.05) is 18.8 Å². The number of carbonyl (C=O) groups excluding carboxylic acids is 4. The third kappa shape index (κ3) is 9.75. The lowest BCUT2D eigenvalue weighted by Crippen LogP contribution is -2.59. The zero-order chi connectivity index (χ0) is 28.9. The van der Waals surface area contributed by atoms with Crippen molar-refractivity contribution in [3.63, 3.8) is 0 Å². The molecule has 2 N–H and O–H groups in total. The van der Waals surface area contributed by atoms with Gasteiger partial charge < -0.3 is 24.7 Å². The van der Waals surface area contributed by atoms with Gasteiger partial charge in [-0.25, -0.2) is 9.78 Å². The lowest BCUT2D eigenvalue weighted by molar-refractivity contribution is -0.162. The number of amides is 2. The van der Waals surface area contributed by atoms with E-state index in [1.54, 1.807) is 0 Å². The average Bonchev–Trinajstić information content (AvgIpc) is 2.95. The normalized spacial score (nSPS) is 16.6. The largest absolute Gasteiger partial charge is 0.551 e. The Hall–Kier alpha value is -3.80. The molecular weight excluding hydrogens is 515 g/mol. The predicted molar refractivity (Wildman–Crippen MR) is 147 cm³/mol. The van der Waals surface area contributed by atoms with Crippen molar-refractivity contribution in [2.75, 3.05) is 6.61 Å². The molecule has 1 aliphatic heterocycles. The molecule has 0 bridgehead atoms. The zero-order valence-electron chi connectivity index (χ0n) is 23.2. The van der Waals surface area contributed by atoms with Gasteiger partial charge in [-0.05, 0) is 24.3 Å². The van der Waals surface area contributed by atoms with Gasteiger partial charge >= 0.3 is 13.1 Å². The maximum Gasteiger partial charge on any atom is 0.551 e. The van der Waals surface area contributed by atoms with Gasteiger partial charge in [0.2, 0.25) is 5.91 Å². The van der Waals surface area contributed by atoms with E-state index in [1.165, 1.54) is 18.6 Å². The number of hydrogen-bond acceptors (Lipinski definition) is 9. The van der Waals surface area contributed by atoms with Crippen LogP contribution in [0.3, 0.4) is 0 Å². The fraction of sp³-hybridized carbons (Fsp3) is 0.500. The molecule has 0 unspecified atom stereocenters. The highest BCUT2D eigenvalue weighted by molar-refractivity contribution is 6.50. The van der Waals surface area contributed by atoms with Crippen LogP contribution in [0.25, 0.3) is 0 Å². The molecule has 2 heterocycles. The Bertz CT molecular complexity index is 1120. The Morgan fingerprint density at radius 3 is 2.58 bits per heavy atom. The minimum absolute atomic E-state index is 0.0666. The lowest BCUT2D eigenvalue weighted by Gasteiger charge is -2.32. The standard InChI is InChI=1S/C28H37BN4O7/c1-4-5-9-14-38-28(37)23-17-25(34)40-29(39-23)24(15-19(2)3)33-26(35)21(16-20-10-7-6-8-11-20)32-27(36)22-18-30-12-13-31-22/h6-8,10-13,18-19,21,23-24H,4-5,9,14-17H2,1-3H3,(H,32,36)(H,33,35)/t21-,23+,24-/m0/s1. The maximum absolute atomic E-state index is 13.6. The Labute approximate surface area is 234 Å². The van der Waals surface area contributed by atoms with Crippen LogP contribution in [0.5, 0.6) is 0 Å². The van der Waals surface area contributed by atoms with E-state index in [0.29, 0.717) is 6.42 Å². The average molecular weight is 552 g/mol. The van der Waals surface area contributed by atoms with Gasteiger partial charge in [-0.2, -0.15) is 0 Å². The van der Waals surface area contributed by atoms with Crippen LogP contribution in [-0.4, -0.2) is 65.5 Å². The summed E-state index contributed by atoms with van der Waals surface area (Å²) in [5, 5.41) is 5.63. The van der Waals surface area contributed by atoms with Crippen LogP contribution < -0.4 is 10.6 Å². The van der Waals surface area contributed by atoms with E-state index >= 15 is 0 Å². The first-order valence-corrected chi connectivity index (χ1v) is 13.7. The first-order chi connectivity index (χ1) is 19.3. The van der Waals surface area contributed by atoms with E-state index in [0.717, 1.165) is 24.8 Å². The van der Waals surface area contributed by atoms with Crippen molar-refractivity contribution >= 4 is 30.9 Å². The summed E-state index contributed by atoms with van der Waals surface area (Å²) >= 11 is 0. The lowest BCUT2D eigenvalue weighted by atomic mass is 9.72. The quantitative estimate of drug-likeness (QED) is 0.205. The second-order valence-electron chi connectivity index (χ2n) is 10.1. The molecule has 1 aromatic heterocycles. The van der Waals surface area contributed by atoms with Crippen molar-refractivity contribution in [1.29, 1.82) is 0 Å². The second kappa shape index (κ2) is 15.7. The molecule has 12 heteroatoms. The summed E-state index contributed by atoms with van der Waals surface area (Å²) in [4.78, 5) is 59.4. The van der Waals surface area contributed by atoms with Gasteiger partial charge in [0.15, 0.2) is 6.10 Å². The summed E-state index contributed by atoms with van der Waals surface area (Å²) in [5.74, 6) is -3.02. The SMILES string of the molecule is CCCCCOC(=O)[C@H]1CC(=O)OB([C@H](CC(C)C)NC(=O)[C@H](Cc2ccccc2)NC(=O)c2cnccn2)O1. The highest BCUT2D eigenvalue weighted by atomic mass is 16.7. The van der Waals surface area contributed by atoms with E-state index in [-0.39, 0.29) is 31.1 Å². The highest BCUT2D eigenvalue weighted by Crippen LogP contribution is 2.19. The molecule has 0 radical (unpaired) electrons. The number of unbranched alkanes of at least 4 members (excludes halogenated alkanes) is 2. The molecule has 2 amide bonds. The van der Waals surface area contributed by atoms with Crippen LogP contribution >= 0.6 is 0 Å². The molecule has 0 aliphatic carbocycles. The van der Waals surface area contributed by atoms with Crippen molar-refractivity contribution in [2.24, 2.45) is 5.92 Å². The first kappa shape index (κ1) is 30.7. The second-order valence-corrected chi connectivity index (χ2v) is 10.1. The van der Waals surface area contributed by atoms with Crippen LogP contribution in [0.4, 0.5) is 0 Å². The molecule has 1 aliphatic rings. The Morgan fingerprint density at radius 1 is 1.12 bits per heavy atom. The van der Waals surface area contributed by atoms with Crippen molar-refractivity contribution in [3.8, 4) is 0 Å². The van der Waals surface area contributed by atoms with E-state index in [2.05, 4.69) is 20.6 Å². The molecule has 3 rings (SSSR count). The van der Waals surface area contributed by atoms with E-state index in [4.69, 9.17) is 14.0 Å². The van der Waals surface area contributed by atoms with Gasteiger partial charge in [-0.3, -0.25) is 19.4 Å². The van der Waals surface area contributed by atoms with Gasteiger partial charge in [0.25, 0.3) is 11.9 Å². The first-order valence-electron chi connectivity index (χ1n) is 13.7. The van der Waals surface area contributed by atoms with Crippen LogP contribution in [0.15, 0.2) is 48.9 Å². The Kier molecular flexibility index (Phi) is 12.1. The number of nitrogens with one attached hydrogen (secondary N) is 2. The number of carbonyl (C=O) groups is 4. The summed E-state index contributed by atoms with van der Waals surface area (Å²) in [6.07, 6.45) is 5.95. The maximum atomic E-state index is 13.6. The molecule has 40 heavy (non-hydrogen) atoms. The fourth-order valence-electron chi connectivity index (χ4n) is 4.24. The number of rotatable bonds is 14. The van der Waals surface area contributed by atoms with E-state index < -0.39 is 49.0 Å². The summed E-state index contributed by atoms with van der Waals surface area (Å²) in [6, 6.07) is 8.26. The van der Waals surface area contributed by atoms with Crippen LogP contribution in [0, 0.1) is 5.92 Å². The van der Waals surface area contributed by atoms with Crippen molar-refractivity contribution in [1.82, 2.24) is 20.6 Å². The predicted octanol–water partition coefficient (Wildman–Crippen LogP) is 2.44. The Balaban J connectivity index is 1.75. The van der Waals surface area contributed by atoms with Gasteiger partial charge in [-0.15, -0.1) is 0 Å². The molecule has 1 aromatic carbocycles. The molecule has 0 saturated carbocycles. The minimum atomic E-state index is -1.20. The summed E-state index contributed by atoms with van der Waals surface area (Å²) in [6.45, 7) is 6.17. The van der Waals surface area contributed by atoms with E-state index in [9.17, 15) is 19.2 Å². The van der Waals surface area contributed by atoms with Crippen LogP contribution in [0.1, 0.15) is 68.9 Å². The Morgan fingerprint density at radius 2 is 1.90 bits per heavy atom. The van der Waals surface area contributed by atoms with Gasteiger partial charge in [0.1, 0.15) is 11.7 Å². The summed E-state index contributed by atoms with van der Waals surface area (Å²) in [5.41, 5.74) is 0.894. The highest BCUT2D eigenvalue weighted by Gasteiger charge is 2.45. The molecule has 1 saturated heterocycles.